The number of benzene rings is 2. The number of ether oxygens (including phenoxy) is 3. The largest absolute Gasteiger partial charge is 0.508 e. The van der Waals surface area contributed by atoms with Crippen LogP contribution in [-0.4, -0.2) is 124 Å². The van der Waals surface area contributed by atoms with Crippen LogP contribution in [0.25, 0.3) is 0 Å². The van der Waals surface area contributed by atoms with Crippen LogP contribution in [0.4, 0.5) is 16.7 Å². The van der Waals surface area contributed by atoms with E-state index in [2.05, 4.69) is 51.8 Å². The summed E-state index contributed by atoms with van der Waals surface area (Å²) in [6.45, 7) is 5.98. The molecule has 2 atom stereocenters. The normalized spacial score (nSPS) is 11.5. The van der Waals surface area contributed by atoms with Crippen LogP contribution in [0.15, 0.2) is 90.8 Å². The number of methoxy groups -OCH3 is 2. The van der Waals surface area contributed by atoms with Crippen molar-refractivity contribution in [1.82, 2.24) is 41.2 Å². The van der Waals surface area contributed by atoms with Crippen molar-refractivity contribution in [2.45, 2.75) is 64.1 Å². The minimum Gasteiger partial charge on any atom is -0.508 e. The summed E-state index contributed by atoms with van der Waals surface area (Å²) in [4.78, 5) is 90.1. The quantitative estimate of drug-likeness (QED) is 0.0293. The van der Waals surface area contributed by atoms with Crippen molar-refractivity contribution >= 4 is 59.0 Å². The maximum Gasteiger partial charge on any atom is 0.407 e. The summed E-state index contributed by atoms with van der Waals surface area (Å²) in [7, 11) is 2.38. The summed E-state index contributed by atoms with van der Waals surface area (Å²) >= 11 is 1.27. The second-order valence-electron chi connectivity index (χ2n) is 15.7. The molecular formula is C46H56N10O11S. The summed E-state index contributed by atoms with van der Waals surface area (Å²) < 4.78 is 14.5. The molecular weight excluding hydrogens is 901 g/mol. The fourth-order valence-electron chi connectivity index (χ4n) is 5.83. The molecule has 5 rings (SSSR count). The Labute approximate surface area is 396 Å². The number of aromatic hydroxyl groups is 2. The van der Waals surface area contributed by atoms with Crippen LogP contribution in [0.2, 0.25) is 0 Å². The second kappa shape index (κ2) is 26.9. The molecule has 0 aliphatic rings. The fourth-order valence-corrected chi connectivity index (χ4v) is 6.47. The fraction of sp³-hybridized carbons (Fsp3) is 0.348. The number of phenols is 2. The van der Waals surface area contributed by atoms with Crippen LogP contribution in [-0.2, 0) is 36.6 Å². The van der Waals surface area contributed by atoms with Crippen LogP contribution >= 0.6 is 11.3 Å². The molecule has 362 valence electrons. The highest BCUT2D eigenvalue weighted by atomic mass is 32.1. The molecule has 21 nitrogen and oxygen atoms in total. The number of thiophene rings is 1. The third-order valence-electron chi connectivity index (χ3n) is 9.14. The summed E-state index contributed by atoms with van der Waals surface area (Å²) in [5.74, 6) is -1.75. The van der Waals surface area contributed by atoms with Gasteiger partial charge in [0.25, 0.3) is 17.7 Å². The summed E-state index contributed by atoms with van der Waals surface area (Å²) in [6, 6.07) is 15.4. The molecule has 0 fully saturated rings. The zero-order valence-electron chi connectivity index (χ0n) is 38.2. The predicted octanol–water partition coefficient (Wildman–Crippen LogP) is 4.01. The maximum atomic E-state index is 12.6. The molecule has 0 bridgehead atoms. The van der Waals surface area contributed by atoms with E-state index in [9.17, 15) is 39.0 Å². The lowest BCUT2D eigenvalue weighted by Gasteiger charge is -2.21. The lowest BCUT2D eigenvalue weighted by atomic mass is 10.1. The van der Waals surface area contributed by atoms with Gasteiger partial charge in [0.2, 0.25) is 11.9 Å². The number of alkyl carbamates (subject to hydrolysis) is 1. The Hall–Kier alpha value is -7.88. The average Bonchev–Trinajstić information content (AvgIpc) is 3.87. The third kappa shape index (κ3) is 18.9. The van der Waals surface area contributed by atoms with Gasteiger partial charge in [0.1, 0.15) is 29.2 Å². The van der Waals surface area contributed by atoms with Gasteiger partial charge in [-0.1, -0.05) is 30.3 Å². The van der Waals surface area contributed by atoms with Gasteiger partial charge in [-0.05, 0) is 93.3 Å². The van der Waals surface area contributed by atoms with Crippen molar-refractivity contribution in [3.8, 4) is 11.5 Å². The van der Waals surface area contributed by atoms with Gasteiger partial charge < -0.3 is 56.3 Å². The van der Waals surface area contributed by atoms with E-state index in [4.69, 9.17) is 14.2 Å². The van der Waals surface area contributed by atoms with Crippen LogP contribution in [0.1, 0.15) is 75.1 Å². The van der Waals surface area contributed by atoms with E-state index in [1.807, 2.05) is 12.1 Å². The van der Waals surface area contributed by atoms with Crippen LogP contribution in [0.5, 0.6) is 11.5 Å². The number of nitrogens with one attached hydrogen (secondary N) is 6. The zero-order chi connectivity index (χ0) is 49.5. The van der Waals surface area contributed by atoms with Gasteiger partial charge in [-0.2, -0.15) is 0 Å². The van der Waals surface area contributed by atoms with Crippen molar-refractivity contribution in [1.29, 1.82) is 0 Å². The predicted molar refractivity (Wildman–Crippen MR) is 251 cm³/mol. The molecule has 0 radical (unpaired) electrons. The molecule has 0 saturated heterocycles. The number of hydrogen-bond donors (Lipinski definition) is 8. The first kappa shape index (κ1) is 52.7. The van der Waals surface area contributed by atoms with E-state index in [-0.39, 0.29) is 41.6 Å². The van der Waals surface area contributed by atoms with Crippen LogP contribution in [0, 0.1) is 0 Å². The minimum atomic E-state index is -1.12. The Kier molecular flexibility index (Phi) is 20.9. The van der Waals surface area contributed by atoms with E-state index in [0.29, 0.717) is 29.9 Å². The van der Waals surface area contributed by atoms with Gasteiger partial charge in [-0.25, -0.2) is 34.3 Å². The topological polar surface area (TPSA) is 294 Å². The molecule has 68 heavy (non-hydrogen) atoms. The molecule has 8 N–H and O–H groups in total. The Morgan fingerprint density at radius 1 is 0.632 bits per heavy atom. The Morgan fingerprint density at radius 3 is 1.49 bits per heavy atom. The number of carbonyl (C=O) groups is 6. The van der Waals surface area contributed by atoms with Gasteiger partial charge in [0.15, 0.2) is 0 Å². The van der Waals surface area contributed by atoms with E-state index in [0.717, 1.165) is 36.8 Å². The highest BCUT2D eigenvalue weighted by Gasteiger charge is 2.26. The van der Waals surface area contributed by atoms with Crippen LogP contribution in [0.3, 0.4) is 0 Å². The lowest BCUT2D eigenvalue weighted by Crippen LogP contribution is -2.49. The second-order valence-corrected chi connectivity index (χ2v) is 16.6. The molecule has 0 unspecified atom stereocenters. The van der Waals surface area contributed by atoms with Crippen molar-refractivity contribution in [3.05, 3.63) is 118 Å². The first-order chi connectivity index (χ1) is 32.5. The number of phenolic OH excluding ortho intramolecular Hbond substituents is 2. The van der Waals surface area contributed by atoms with E-state index in [1.54, 1.807) is 74.7 Å². The number of anilines is 2. The molecule has 3 aromatic heterocycles. The molecule has 0 aliphatic carbocycles. The third-order valence-corrected chi connectivity index (χ3v) is 10.0. The molecule has 22 heteroatoms. The van der Waals surface area contributed by atoms with Gasteiger partial charge in [-0.3, -0.25) is 14.4 Å². The van der Waals surface area contributed by atoms with E-state index in [1.165, 1.54) is 50.3 Å². The summed E-state index contributed by atoms with van der Waals surface area (Å²) in [5, 5.41) is 37.0. The minimum absolute atomic E-state index is 0.130. The zero-order valence-corrected chi connectivity index (χ0v) is 39.1. The number of esters is 2. The smallest absolute Gasteiger partial charge is 0.407 e. The van der Waals surface area contributed by atoms with Crippen LogP contribution < -0.4 is 31.9 Å². The standard InChI is InChI=1S/C23H31N5O6.C23H25N5O5S/c1-23(2,3)34-22(32)27-14-18(20(31)33-4)28-19(30)16-12-25-21(26-13-16)24-10-6-8-15-7-5-9-17(29)11-15;1-33-22(32)18(14-25-21(31)19-8-4-10-34-19)28-20(30)16-12-26-23(27-13-16)24-9-3-6-15-5-2-7-17(29)11-15/h5,7,9,11-13,18,29H,6,8,10,14H2,1-4H3,(H,27,32)(H,28,30)(H,24,25,26);2,4-5,7-8,10-13,18,29H,3,6,9,14H2,1H3,(H,25,31)(H,28,30)(H,24,26,27)/t2*18-/m00/s1. The van der Waals surface area contributed by atoms with Gasteiger partial charge in [-0.15, -0.1) is 11.3 Å². The number of hydrogen-bond acceptors (Lipinski definition) is 18. The Bertz CT molecular complexity index is 2420. The van der Waals surface area contributed by atoms with Crippen molar-refractivity contribution in [2.24, 2.45) is 0 Å². The molecule has 3 heterocycles. The van der Waals surface area contributed by atoms with Gasteiger partial charge in [0, 0.05) is 44.4 Å². The number of aromatic nitrogens is 4. The van der Waals surface area contributed by atoms with Gasteiger partial charge in [0.05, 0.1) is 36.8 Å². The molecule has 0 saturated carbocycles. The number of carbonyl (C=O) groups excluding carboxylic acids is 6. The van der Waals surface area contributed by atoms with E-state index >= 15 is 0 Å². The van der Waals surface area contributed by atoms with Crippen molar-refractivity contribution < 1.29 is 53.2 Å². The SMILES string of the molecule is COC(=O)[C@H](CNC(=O)OC(C)(C)C)NC(=O)c1cnc(NCCCc2cccc(O)c2)nc1.COC(=O)[C@H](CNC(=O)c1cccs1)NC(=O)c1cnc(NCCCc2cccc(O)c2)nc1. The number of nitrogens with zero attached hydrogens (tertiary/aromatic N) is 4. The maximum absolute atomic E-state index is 12.6. The Morgan fingerprint density at radius 2 is 1.09 bits per heavy atom. The molecule has 4 amide bonds. The first-order valence-corrected chi connectivity index (χ1v) is 22.1. The highest BCUT2D eigenvalue weighted by Crippen LogP contribution is 2.14. The molecule has 0 aliphatic heterocycles. The Balaban J connectivity index is 0.000000297. The molecule has 2 aromatic carbocycles. The monoisotopic (exact) mass is 956 g/mol. The van der Waals surface area contributed by atoms with E-state index < -0.39 is 47.5 Å². The summed E-state index contributed by atoms with van der Waals surface area (Å²) in [6.07, 6.45) is 7.77. The van der Waals surface area contributed by atoms with Crippen molar-refractivity contribution in [3.63, 3.8) is 0 Å². The number of amides is 4. The molecule has 0 spiro atoms. The van der Waals surface area contributed by atoms with Gasteiger partial charge >= 0.3 is 18.0 Å². The average molecular weight is 957 g/mol. The number of aryl methyl sites for hydroxylation is 2. The highest BCUT2D eigenvalue weighted by molar-refractivity contribution is 7.12. The number of rotatable bonds is 21. The lowest BCUT2D eigenvalue weighted by molar-refractivity contribution is -0.143. The summed E-state index contributed by atoms with van der Waals surface area (Å²) in [5.41, 5.74) is 1.64. The van der Waals surface area contributed by atoms with Crippen molar-refractivity contribution in [2.75, 3.05) is 51.0 Å². The molecule has 5 aromatic rings. The first-order valence-electron chi connectivity index (χ1n) is 21.3.